The highest BCUT2D eigenvalue weighted by Crippen LogP contribution is 2.26. The number of benzene rings is 3. The van der Waals surface area contributed by atoms with Crippen molar-refractivity contribution in [3.05, 3.63) is 90.2 Å². The van der Waals surface area contributed by atoms with E-state index >= 15 is 0 Å². The number of ether oxygens (including phenoxy) is 1. The zero-order chi connectivity index (χ0) is 22.3. The van der Waals surface area contributed by atoms with E-state index in [1.54, 1.807) is 42.5 Å². The van der Waals surface area contributed by atoms with Gasteiger partial charge in [0.15, 0.2) is 0 Å². The first-order chi connectivity index (χ1) is 14.9. The van der Waals surface area contributed by atoms with E-state index in [2.05, 4.69) is 10.5 Å². The molecule has 0 fully saturated rings. The van der Waals surface area contributed by atoms with Gasteiger partial charge in [0.25, 0.3) is 15.9 Å². The van der Waals surface area contributed by atoms with Crippen molar-refractivity contribution in [1.82, 2.24) is 5.43 Å². The van der Waals surface area contributed by atoms with Crippen LogP contribution in [-0.4, -0.2) is 34.2 Å². The molecule has 1 N–H and O–H groups in total. The van der Waals surface area contributed by atoms with E-state index < -0.39 is 28.3 Å². The molecule has 0 aliphatic carbocycles. The van der Waals surface area contributed by atoms with Crippen molar-refractivity contribution in [3.8, 4) is 5.75 Å². The number of hydrogen-bond donors (Lipinski definition) is 1. The van der Waals surface area contributed by atoms with Gasteiger partial charge in [0.2, 0.25) is 0 Å². The molecule has 0 aromatic heterocycles. The molecule has 0 atom stereocenters. The molecule has 0 heterocycles. The summed E-state index contributed by atoms with van der Waals surface area (Å²) in [7, 11) is -2.60. The van der Waals surface area contributed by atoms with Crippen LogP contribution < -0.4 is 14.5 Å². The minimum atomic E-state index is -4.05. The van der Waals surface area contributed by atoms with Crippen LogP contribution >= 0.6 is 0 Å². The predicted molar refractivity (Wildman–Crippen MR) is 116 cm³/mol. The Hall–Kier alpha value is -3.72. The van der Waals surface area contributed by atoms with E-state index in [1.807, 2.05) is 0 Å². The summed E-state index contributed by atoms with van der Waals surface area (Å²) in [6.07, 6.45) is 1.15. The van der Waals surface area contributed by atoms with Crippen LogP contribution in [0.25, 0.3) is 0 Å². The lowest BCUT2D eigenvalue weighted by Crippen LogP contribution is -2.39. The number of anilines is 1. The number of carbonyl (C=O) groups excluding carboxylic acids is 1. The highest BCUT2D eigenvalue weighted by molar-refractivity contribution is 7.92. The number of sulfonamides is 1. The van der Waals surface area contributed by atoms with Crippen LogP contribution in [0.5, 0.6) is 5.75 Å². The summed E-state index contributed by atoms with van der Waals surface area (Å²) in [5.74, 6) is -0.760. The molecule has 0 saturated heterocycles. The van der Waals surface area contributed by atoms with Crippen molar-refractivity contribution in [2.75, 3.05) is 18.0 Å². The molecule has 0 saturated carbocycles. The van der Waals surface area contributed by atoms with Crippen LogP contribution in [0.1, 0.15) is 5.56 Å². The largest absolute Gasteiger partial charge is 0.497 e. The highest BCUT2D eigenvalue weighted by Gasteiger charge is 2.27. The topological polar surface area (TPSA) is 88.1 Å². The van der Waals surface area contributed by atoms with Crippen LogP contribution in [-0.2, 0) is 14.8 Å². The van der Waals surface area contributed by atoms with E-state index in [-0.39, 0.29) is 16.1 Å². The van der Waals surface area contributed by atoms with Crippen molar-refractivity contribution in [3.63, 3.8) is 0 Å². The third-order valence-electron chi connectivity index (χ3n) is 4.26. The Balaban J connectivity index is 1.86. The third kappa shape index (κ3) is 5.46. The average molecular weight is 441 g/mol. The quantitative estimate of drug-likeness (QED) is 0.430. The second-order valence-corrected chi connectivity index (χ2v) is 8.20. The molecule has 0 radical (unpaired) electrons. The molecule has 9 heteroatoms. The summed E-state index contributed by atoms with van der Waals surface area (Å²) in [5, 5.41) is 3.73. The first-order valence-electron chi connectivity index (χ1n) is 9.20. The van der Waals surface area contributed by atoms with Crippen molar-refractivity contribution < 1.29 is 22.3 Å². The van der Waals surface area contributed by atoms with Gasteiger partial charge in [-0.15, -0.1) is 0 Å². The van der Waals surface area contributed by atoms with Crippen LogP contribution in [0.4, 0.5) is 10.1 Å². The molecule has 1 amide bonds. The smallest absolute Gasteiger partial charge is 0.264 e. The maximum atomic E-state index is 13.7. The van der Waals surface area contributed by atoms with Crippen LogP contribution in [0.15, 0.2) is 88.9 Å². The number of rotatable bonds is 8. The first-order valence-corrected chi connectivity index (χ1v) is 10.6. The Morgan fingerprint density at radius 2 is 1.77 bits per heavy atom. The maximum absolute atomic E-state index is 13.7. The Morgan fingerprint density at radius 1 is 1.06 bits per heavy atom. The number of methoxy groups -OCH3 is 1. The number of nitrogens with zero attached hydrogens (tertiary/aromatic N) is 2. The maximum Gasteiger partial charge on any atom is 0.264 e. The molecule has 31 heavy (non-hydrogen) atoms. The normalized spacial score (nSPS) is 11.3. The van der Waals surface area contributed by atoms with Gasteiger partial charge in [-0.2, -0.15) is 5.10 Å². The fraction of sp³-hybridized carbons (Fsp3) is 0.0909. The lowest BCUT2D eigenvalue weighted by Gasteiger charge is -2.24. The number of hydrazone groups is 1. The molecular formula is C22H20FN3O4S. The molecule has 0 aliphatic heterocycles. The molecule has 3 aromatic rings. The summed E-state index contributed by atoms with van der Waals surface area (Å²) in [5.41, 5.74) is 2.67. The third-order valence-corrected chi connectivity index (χ3v) is 6.05. The number of halogens is 1. The minimum Gasteiger partial charge on any atom is -0.497 e. The second kappa shape index (κ2) is 9.86. The van der Waals surface area contributed by atoms with E-state index in [1.165, 1.54) is 43.5 Å². The number of hydrogen-bond acceptors (Lipinski definition) is 5. The van der Waals surface area contributed by atoms with Gasteiger partial charge in [-0.1, -0.05) is 42.5 Å². The minimum absolute atomic E-state index is 0.0282. The van der Waals surface area contributed by atoms with Crippen molar-refractivity contribution >= 4 is 27.8 Å². The Labute approximate surface area is 179 Å². The standard InChI is InChI=1S/C22H20FN3O4S/c1-30-19-10-7-9-18(14-19)26(31(28,29)20-11-3-2-4-12-20)16-22(27)25-24-15-17-8-5-6-13-21(17)23/h2-15H,16H2,1H3,(H,25,27)/b24-15-. The van der Waals surface area contributed by atoms with Gasteiger partial charge in [-0.25, -0.2) is 18.2 Å². The zero-order valence-corrected chi connectivity index (χ0v) is 17.4. The van der Waals surface area contributed by atoms with Gasteiger partial charge in [0.05, 0.1) is 23.9 Å². The molecule has 0 unspecified atom stereocenters. The lowest BCUT2D eigenvalue weighted by molar-refractivity contribution is -0.119. The van der Waals surface area contributed by atoms with Gasteiger partial charge < -0.3 is 4.74 Å². The number of carbonyl (C=O) groups is 1. The lowest BCUT2D eigenvalue weighted by atomic mass is 10.2. The van der Waals surface area contributed by atoms with Gasteiger partial charge >= 0.3 is 0 Å². The van der Waals surface area contributed by atoms with E-state index in [0.717, 1.165) is 10.5 Å². The van der Waals surface area contributed by atoms with Crippen LogP contribution in [0, 0.1) is 5.82 Å². The molecule has 3 rings (SSSR count). The molecule has 0 spiro atoms. The van der Waals surface area contributed by atoms with Crippen molar-refractivity contribution in [2.45, 2.75) is 4.90 Å². The molecule has 160 valence electrons. The summed E-state index contributed by atoms with van der Waals surface area (Å²) < 4.78 is 46.2. The fourth-order valence-corrected chi connectivity index (χ4v) is 4.15. The first kappa shape index (κ1) is 22.0. The van der Waals surface area contributed by atoms with Crippen molar-refractivity contribution in [1.29, 1.82) is 0 Å². The predicted octanol–water partition coefficient (Wildman–Crippen LogP) is 3.18. The summed E-state index contributed by atoms with van der Waals surface area (Å²) in [4.78, 5) is 12.5. The van der Waals surface area contributed by atoms with Gasteiger partial charge in [-0.3, -0.25) is 9.10 Å². The molecule has 0 bridgehead atoms. The fourth-order valence-electron chi connectivity index (χ4n) is 2.72. The van der Waals surface area contributed by atoms with Crippen LogP contribution in [0.2, 0.25) is 0 Å². The average Bonchev–Trinajstić information content (AvgIpc) is 2.79. The Bertz CT molecular complexity index is 1180. The summed E-state index contributed by atoms with van der Waals surface area (Å²) in [6, 6.07) is 20.0. The van der Waals surface area contributed by atoms with E-state index in [4.69, 9.17) is 4.74 Å². The van der Waals surface area contributed by atoms with E-state index in [0.29, 0.717) is 5.75 Å². The van der Waals surface area contributed by atoms with Crippen molar-refractivity contribution in [2.24, 2.45) is 5.10 Å². The number of amides is 1. The van der Waals surface area contributed by atoms with Gasteiger partial charge in [0, 0.05) is 11.6 Å². The Kier molecular flexibility index (Phi) is 6.99. The van der Waals surface area contributed by atoms with Gasteiger partial charge in [-0.05, 0) is 30.3 Å². The summed E-state index contributed by atoms with van der Waals surface area (Å²) >= 11 is 0. The second-order valence-electron chi connectivity index (χ2n) is 6.34. The molecule has 0 aliphatic rings. The SMILES string of the molecule is COc1cccc(N(CC(=O)N/N=C\c2ccccc2F)S(=O)(=O)c2ccccc2)c1. The van der Waals surface area contributed by atoms with E-state index in [9.17, 15) is 17.6 Å². The monoisotopic (exact) mass is 441 g/mol. The van der Waals surface area contributed by atoms with Gasteiger partial charge in [0.1, 0.15) is 18.1 Å². The van der Waals surface area contributed by atoms with Crippen LogP contribution in [0.3, 0.4) is 0 Å². The summed E-state index contributed by atoms with van der Waals surface area (Å²) in [6.45, 7) is -0.543. The molecular weight excluding hydrogens is 421 g/mol. The molecule has 3 aromatic carbocycles. The molecule has 7 nitrogen and oxygen atoms in total. The number of nitrogens with one attached hydrogen (secondary N) is 1. The Morgan fingerprint density at radius 3 is 2.48 bits per heavy atom. The highest BCUT2D eigenvalue weighted by atomic mass is 32.2. The zero-order valence-electron chi connectivity index (χ0n) is 16.6.